The molecule has 3 aromatic rings. The number of rotatable bonds is 5. The van der Waals surface area contributed by atoms with Crippen LogP contribution in [0.3, 0.4) is 0 Å². The minimum atomic E-state index is 0.0133. The first-order chi connectivity index (χ1) is 11.8. The molecule has 124 valence electrons. The SMILES string of the molecule is CCn1c(CNC[C@@H]2COc3ccccc3O2)nc2ccccc21. The van der Waals surface area contributed by atoms with Crippen molar-refractivity contribution in [2.75, 3.05) is 13.2 Å². The topological polar surface area (TPSA) is 48.3 Å². The zero-order valence-electron chi connectivity index (χ0n) is 13.7. The fourth-order valence-corrected chi connectivity index (χ4v) is 3.12. The zero-order valence-corrected chi connectivity index (χ0v) is 13.7. The molecule has 0 fully saturated rings. The van der Waals surface area contributed by atoms with Gasteiger partial charge in [-0.1, -0.05) is 24.3 Å². The van der Waals surface area contributed by atoms with Gasteiger partial charge in [0, 0.05) is 13.1 Å². The first-order valence-electron chi connectivity index (χ1n) is 8.38. The van der Waals surface area contributed by atoms with Crippen molar-refractivity contribution in [2.24, 2.45) is 0 Å². The Labute approximate surface area is 141 Å². The Bertz CT molecular complexity index is 843. The van der Waals surface area contributed by atoms with Gasteiger partial charge in [-0.2, -0.15) is 0 Å². The average molecular weight is 323 g/mol. The van der Waals surface area contributed by atoms with E-state index in [-0.39, 0.29) is 6.10 Å². The molecule has 0 aliphatic carbocycles. The molecule has 0 saturated carbocycles. The molecule has 0 amide bonds. The van der Waals surface area contributed by atoms with Crippen molar-refractivity contribution in [1.82, 2.24) is 14.9 Å². The summed E-state index contributed by atoms with van der Waals surface area (Å²) in [5.74, 6) is 2.69. The molecule has 1 atom stereocenters. The van der Waals surface area contributed by atoms with E-state index >= 15 is 0 Å². The van der Waals surface area contributed by atoms with E-state index in [2.05, 4.69) is 35.0 Å². The van der Waals surface area contributed by atoms with Crippen LogP contribution in [0.5, 0.6) is 11.5 Å². The fraction of sp³-hybridized carbons (Fsp3) is 0.316. The highest BCUT2D eigenvalue weighted by Crippen LogP contribution is 2.30. The molecule has 2 aromatic carbocycles. The van der Waals surface area contributed by atoms with Crippen molar-refractivity contribution >= 4 is 11.0 Å². The Balaban J connectivity index is 1.40. The summed E-state index contributed by atoms with van der Waals surface area (Å²) in [4.78, 5) is 4.73. The minimum Gasteiger partial charge on any atom is -0.486 e. The van der Waals surface area contributed by atoms with Gasteiger partial charge in [-0.25, -0.2) is 4.98 Å². The molecule has 0 spiro atoms. The van der Waals surface area contributed by atoms with Crippen LogP contribution in [0.15, 0.2) is 48.5 Å². The summed E-state index contributed by atoms with van der Waals surface area (Å²) in [5.41, 5.74) is 2.23. The minimum absolute atomic E-state index is 0.0133. The van der Waals surface area contributed by atoms with Crippen LogP contribution in [-0.4, -0.2) is 28.8 Å². The van der Waals surface area contributed by atoms with E-state index in [9.17, 15) is 0 Å². The average Bonchev–Trinajstić information content (AvgIpc) is 2.99. The Morgan fingerprint density at radius 1 is 1.12 bits per heavy atom. The van der Waals surface area contributed by atoms with Crippen LogP contribution in [0.4, 0.5) is 0 Å². The van der Waals surface area contributed by atoms with E-state index in [1.807, 2.05) is 30.3 Å². The number of nitrogens with zero attached hydrogens (tertiary/aromatic N) is 2. The van der Waals surface area contributed by atoms with Crippen LogP contribution >= 0.6 is 0 Å². The summed E-state index contributed by atoms with van der Waals surface area (Å²) in [6, 6.07) is 16.0. The highest BCUT2D eigenvalue weighted by molar-refractivity contribution is 5.75. The number of benzene rings is 2. The lowest BCUT2D eigenvalue weighted by Crippen LogP contribution is -2.38. The molecule has 4 rings (SSSR count). The number of aromatic nitrogens is 2. The highest BCUT2D eigenvalue weighted by Gasteiger charge is 2.20. The van der Waals surface area contributed by atoms with Crippen LogP contribution in [0.1, 0.15) is 12.7 Å². The molecule has 0 unspecified atom stereocenters. The van der Waals surface area contributed by atoms with Gasteiger partial charge >= 0.3 is 0 Å². The Morgan fingerprint density at radius 3 is 2.79 bits per heavy atom. The number of ether oxygens (including phenoxy) is 2. The number of nitrogens with one attached hydrogen (secondary N) is 1. The van der Waals surface area contributed by atoms with Gasteiger partial charge in [0.15, 0.2) is 11.5 Å². The maximum absolute atomic E-state index is 5.97. The van der Waals surface area contributed by atoms with Gasteiger partial charge in [0.2, 0.25) is 0 Å². The first-order valence-corrected chi connectivity index (χ1v) is 8.38. The van der Waals surface area contributed by atoms with E-state index in [4.69, 9.17) is 14.5 Å². The van der Waals surface area contributed by atoms with E-state index in [1.165, 1.54) is 5.52 Å². The van der Waals surface area contributed by atoms with Gasteiger partial charge < -0.3 is 19.4 Å². The number of aryl methyl sites for hydroxylation is 1. The summed E-state index contributed by atoms with van der Waals surface area (Å²) in [7, 11) is 0. The van der Waals surface area contributed by atoms with Gasteiger partial charge in [0.1, 0.15) is 18.5 Å². The number of imidazole rings is 1. The summed E-state index contributed by atoms with van der Waals surface area (Å²) >= 11 is 0. The van der Waals surface area contributed by atoms with Crippen molar-refractivity contribution in [3.05, 3.63) is 54.4 Å². The van der Waals surface area contributed by atoms with Gasteiger partial charge in [-0.15, -0.1) is 0 Å². The first kappa shape index (κ1) is 15.0. The molecule has 0 bridgehead atoms. The van der Waals surface area contributed by atoms with Crippen molar-refractivity contribution in [2.45, 2.75) is 26.1 Å². The summed E-state index contributed by atoms with van der Waals surface area (Å²) in [6.07, 6.45) is 0.0133. The Kier molecular flexibility index (Phi) is 4.09. The number of hydrogen-bond donors (Lipinski definition) is 1. The van der Waals surface area contributed by atoms with Crippen LogP contribution < -0.4 is 14.8 Å². The third kappa shape index (κ3) is 2.83. The maximum atomic E-state index is 5.97. The normalized spacial score (nSPS) is 16.5. The Morgan fingerprint density at radius 2 is 1.92 bits per heavy atom. The second kappa shape index (κ2) is 6.53. The molecule has 1 N–H and O–H groups in total. The lowest BCUT2D eigenvalue weighted by molar-refractivity contribution is 0.0900. The molecule has 1 aromatic heterocycles. The predicted molar refractivity (Wildman–Crippen MR) is 93.5 cm³/mol. The third-order valence-electron chi connectivity index (χ3n) is 4.27. The standard InChI is InChI=1S/C19H21N3O2/c1-2-22-16-8-4-3-7-15(16)21-19(22)12-20-11-14-13-23-17-9-5-6-10-18(17)24-14/h3-10,14,20H,2,11-13H2,1H3/t14-/m1/s1. The predicted octanol–water partition coefficient (Wildman–Crippen LogP) is 2.99. The second-order valence-electron chi connectivity index (χ2n) is 5.89. The van der Waals surface area contributed by atoms with Crippen molar-refractivity contribution in [3.63, 3.8) is 0 Å². The molecular weight excluding hydrogens is 302 g/mol. The van der Waals surface area contributed by atoms with Crippen molar-refractivity contribution in [3.8, 4) is 11.5 Å². The van der Waals surface area contributed by atoms with E-state index < -0.39 is 0 Å². The van der Waals surface area contributed by atoms with Crippen LogP contribution in [-0.2, 0) is 13.1 Å². The van der Waals surface area contributed by atoms with E-state index in [1.54, 1.807) is 0 Å². The molecule has 1 aliphatic heterocycles. The molecule has 5 nitrogen and oxygen atoms in total. The third-order valence-corrected chi connectivity index (χ3v) is 4.27. The van der Waals surface area contributed by atoms with Crippen LogP contribution in [0.2, 0.25) is 0 Å². The molecule has 24 heavy (non-hydrogen) atoms. The monoisotopic (exact) mass is 323 g/mol. The largest absolute Gasteiger partial charge is 0.486 e. The molecule has 5 heteroatoms. The molecule has 1 aliphatic rings. The summed E-state index contributed by atoms with van der Waals surface area (Å²) in [5, 5.41) is 3.45. The quantitative estimate of drug-likeness (QED) is 0.784. The lowest BCUT2D eigenvalue weighted by atomic mass is 10.2. The number of para-hydroxylation sites is 4. The van der Waals surface area contributed by atoms with E-state index in [0.29, 0.717) is 13.2 Å². The molecule has 0 radical (unpaired) electrons. The second-order valence-corrected chi connectivity index (χ2v) is 5.89. The number of fused-ring (bicyclic) bond motifs is 2. The fourth-order valence-electron chi connectivity index (χ4n) is 3.12. The van der Waals surface area contributed by atoms with Crippen molar-refractivity contribution < 1.29 is 9.47 Å². The smallest absolute Gasteiger partial charge is 0.161 e. The summed E-state index contributed by atoms with van der Waals surface area (Å²) in [6.45, 7) is 5.06. The van der Waals surface area contributed by atoms with Gasteiger partial charge in [-0.3, -0.25) is 0 Å². The molecular formula is C19H21N3O2. The van der Waals surface area contributed by atoms with Gasteiger partial charge in [0.25, 0.3) is 0 Å². The van der Waals surface area contributed by atoms with Gasteiger partial charge in [-0.05, 0) is 31.2 Å². The molecule has 2 heterocycles. The van der Waals surface area contributed by atoms with Crippen LogP contribution in [0.25, 0.3) is 11.0 Å². The molecule has 0 saturated heterocycles. The van der Waals surface area contributed by atoms with Crippen molar-refractivity contribution in [1.29, 1.82) is 0 Å². The number of hydrogen-bond acceptors (Lipinski definition) is 4. The maximum Gasteiger partial charge on any atom is 0.161 e. The Hall–Kier alpha value is -2.53. The highest BCUT2D eigenvalue weighted by atomic mass is 16.6. The zero-order chi connectivity index (χ0) is 16.4. The lowest BCUT2D eigenvalue weighted by Gasteiger charge is -2.26. The summed E-state index contributed by atoms with van der Waals surface area (Å²) < 4.78 is 14.0. The van der Waals surface area contributed by atoms with E-state index in [0.717, 1.165) is 35.9 Å². The van der Waals surface area contributed by atoms with Gasteiger partial charge in [0.05, 0.1) is 17.6 Å². The van der Waals surface area contributed by atoms with Crippen LogP contribution in [0, 0.1) is 0 Å².